The third-order valence-corrected chi connectivity index (χ3v) is 4.45. The summed E-state index contributed by atoms with van der Waals surface area (Å²) in [6.07, 6.45) is 3.15. The van der Waals surface area contributed by atoms with Crippen LogP contribution in [0, 0.1) is 0 Å². The summed E-state index contributed by atoms with van der Waals surface area (Å²) in [6, 6.07) is 0.275. The Kier molecular flexibility index (Phi) is 3.74. The molecular weight excluding hydrogens is 186 g/mol. The minimum atomic E-state index is -2.71. The fourth-order valence-corrected chi connectivity index (χ4v) is 3.52. The second-order valence-electron chi connectivity index (χ2n) is 3.89. The van der Waals surface area contributed by atoms with Crippen LogP contribution in [0.4, 0.5) is 0 Å². The molecule has 78 valence electrons. The smallest absolute Gasteiger partial charge is 0.151 e. The van der Waals surface area contributed by atoms with Gasteiger partial charge in [-0.2, -0.15) is 0 Å². The van der Waals surface area contributed by atoms with Crippen molar-refractivity contribution in [3.05, 3.63) is 0 Å². The average molecular weight is 205 g/mol. The molecule has 0 amide bonds. The van der Waals surface area contributed by atoms with E-state index in [0.29, 0.717) is 11.5 Å². The molecule has 0 aliphatic carbocycles. The van der Waals surface area contributed by atoms with Crippen molar-refractivity contribution >= 4 is 9.84 Å². The maximum atomic E-state index is 11.2. The summed E-state index contributed by atoms with van der Waals surface area (Å²) in [5.74, 6) is 0.751. The van der Waals surface area contributed by atoms with Crippen LogP contribution in [0.5, 0.6) is 0 Å². The highest BCUT2D eigenvalue weighted by Crippen LogP contribution is 2.16. The minimum absolute atomic E-state index is 0.275. The fourth-order valence-electron chi connectivity index (χ4n) is 1.71. The van der Waals surface area contributed by atoms with Crippen LogP contribution in [0.2, 0.25) is 0 Å². The molecule has 0 aromatic carbocycles. The van der Waals surface area contributed by atoms with Crippen molar-refractivity contribution in [1.82, 2.24) is 4.90 Å². The maximum Gasteiger partial charge on any atom is 0.151 e. The van der Waals surface area contributed by atoms with Crippen LogP contribution in [0.1, 0.15) is 26.2 Å². The predicted molar refractivity (Wildman–Crippen MR) is 54.6 cm³/mol. The van der Waals surface area contributed by atoms with Gasteiger partial charge >= 0.3 is 0 Å². The topological polar surface area (TPSA) is 37.4 Å². The molecule has 1 saturated heterocycles. The number of unbranched alkanes of at least 4 members (excludes halogenated alkanes) is 1. The highest BCUT2D eigenvalue weighted by atomic mass is 32.2. The summed E-state index contributed by atoms with van der Waals surface area (Å²) >= 11 is 0. The summed E-state index contributed by atoms with van der Waals surface area (Å²) in [5, 5.41) is 0. The molecular formula is C9H19NO2S. The molecule has 13 heavy (non-hydrogen) atoms. The van der Waals surface area contributed by atoms with Gasteiger partial charge in [0.1, 0.15) is 0 Å². The van der Waals surface area contributed by atoms with Gasteiger partial charge in [-0.15, -0.1) is 0 Å². The molecule has 1 unspecified atom stereocenters. The monoisotopic (exact) mass is 205 g/mol. The van der Waals surface area contributed by atoms with E-state index in [1.54, 1.807) is 0 Å². The van der Waals surface area contributed by atoms with E-state index in [9.17, 15) is 8.42 Å². The summed E-state index contributed by atoms with van der Waals surface area (Å²) in [5.41, 5.74) is 0. The van der Waals surface area contributed by atoms with E-state index < -0.39 is 9.84 Å². The lowest BCUT2D eigenvalue weighted by molar-refractivity contribution is 0.258. The van der Waals surface area contributed by atoms with Gasteiger partial charge in [0.05, 0.1) is 11.5 Å². The van der Waals surface area contributed by atoms with Crippen molar-refractivity contribution in [2.75, 3.05) is 25.1 Å². The van der Waals surface area contributed by atoms with E-state index in [-0.39, 0.29) is 6.04 Å². The van der Waals surface area contributed by atoms with Gasteiger partial charge in [0.15, 0.2) is 9.84 Å². The van der Waals surface area contributed by atoms with Crippen molar-refractivity contribution in [2.24, 2.45) is 0 Å². The normalized spacial score (nSPS) is 26.8. The van der Waals surface area contributed by atoms with Crippen molar-refractivity contribution in [3.63, 3.8) is 0 Å². The van der Waals surface area contributed by atoms with E-state index in [1.165, 1.54) is 6.42 Å². The molecule has 1 aliphatic heterocycles. The van der Waals surface area contributed by atoms with Crippen LogP contribution in [0.15, 0.2) is 0 Å². The van der Waals surface area contributed by atoms with Crippen LogP contribution in [0.25, 0.3) is 0 Å². The summed E-state index contributed by atoms with van der Waals surface area (Å²) in [6.45, 7) is 3.18. The van der Waals surface area contributed by atoms with Crippen LogP contribution in [-0.4, -0.2) is 44.5 Å². The Morgan fingerprint density at radius 1 is 1.46 bits per heavy atom. The van der Waals surface area contributed by atoms with E-state index in [4.69, 9.17) is 0 Å². The first-order valence-corrected chi connectivity index (χ1v) is 6.78. The molecule has 4 heteroatoms. The first kappa shape index (κ1) is 11.0. The standard InChI is InChI=1S/C9H19NO2S/c1-3-4-6-10(2)9-5-7-13(11,12)8-9/h9H,3-8H2,1-2H3. The lowest BCUT2D eigenvalue weighted by atomic mass is 10.2. The molecule has 0 aromatic heterocycles. The Morgan fingerprint density at radius 2 is 2.15 bits per heavy atom. The second kappa shape index (κ2) is 4.42. The van der Waals surface area contributed by atoms with E-state index in [1.807, 2.05) is 7.05 Å². The van der Waals surface area contributed by atoms with E-state index in [0.717, 1.165) is 19.4 Å². The number of rotatable bonds is 4. The van der Waals surface area contributed by atoms with Gasteiger partial charge in [0.25, 0.3) is 0 Å². The molecule has 1 rings (SSSR count). The molecule has 1 aliphatic rings. The largest absolute Gasteiger partial charge is 0.302 e. The number of nitrogens with zero attached hydrogens (tertiary/aromatic N) is 1. The van der Waals surface area contributed by atoms with Crippen molar-refractivity contribution in [2.45, 2.75) is 32.2 Å². The quantitative estimate of drug-likeness (QED) is 0.684. The summed E-state index contributed by atoms with van der Waals surface area (Å²) < 4.78 is 22.4. The van der Waals surface area contributed by atoms with Crippen LogP contribution in [0.3, 0.4) is 0 Å². The maximum absolute atomic E-state index is 11.2. The van der Waals surface area contributed by atoms with Crippen LogP contribution < -0.4 is 0 Å². The molecule has 0 saturated carbocycles. The van der Waals surface area contributed by atoms with Crippen molar-refractivity contribution < 1.29 is 8.42 Å². The molecule has 0 radical (unpaired) electrons. The molecule has 0 spiro atoms. The highest BCUT2D eigenvalue weighted by Gasteiger charge is 2.29. The number of hydrogen-bond donors (Lipinski definition) is 0. The van der Waals surface area contributed by atoms with Crippen molar-refractivity contribution in [1.29, 1.82) is 0 Å². The highest BCUT2D eigenvalue weighted by molar-refractivity contribution is 7.91. The van der Waals surface area contributed by atoms with Gasteiger partial charge < -0.3 is 4.90 Å². The third kappa shape index (κ3) is 3.27. The Morgan fingerprint density at radius 3 is 2.62 bits per heavy atom. The van der Waals surface area contributed by atoms with Gasteiger partial charge in [-0.1, -0.05) is 13.3 Å². The van der Waals surface area contributed by atoms with Gasteiger partial charge in [-0.25, -0.2) is 8.42 Å². The summed E-state index contributed by atoms with van der Waals surface area (Å²) in [4.78, 5) is 2.19. The zero-order valence-corrected chi connectivity index (χ0v) is 9.31. The number of sulfone groups is 1. The molecule has 3 nitrogen and oxygen atoms in total. The lowest BCUT2D eigenvalue weighted by Crippen LogP contribution is -2.33. The Bertz CT molecular complexity index is 248. The molecule has 1 atom stereocenters. The minimum Gasteiger partial charge on any atom is -0.302 e. The first-order chi connectivity index (χ1) is 6.05. The van der Waals surface area contributed by atoms with Gasteiger partial charge in [-0.05, 0) is 26.4 Å². The Balaban J connectivity index is 2.37. The molecule has 0 N–H and O–H groups in total. The Hall–Kier alpha value is -0.0900. The predicted octanol–water partition coefficient (Wildman–Crippen LogP) is 0.905. The first-order valence-electron chi connectivity index (χ1n) is 4.96. The van der Waals surface area contributed by atoms with E-state index in [2.05, 4.69) is 11.8 Å². The van der Waals surface area contributed by atoms with Gasteiger partial charge in [0, 0.05) is 6.04 Å². The zero-order chi connectivity index (χ0) is 9.90. The average Bonchev–Trinajstić information content (AvgIpc) is 2.42. The fraction of sp³-hybridized carbons (Fsp3) is 1.00. The van der Waals surface area contributed by atoms with Crippen molar-refractivity contribution in [3.8, 4) is 0 Å². The number of hydrogen-bond acceptors (Lipinski definition) is 3. The van der Waals surface area contributed by atoms with Gasteiger partial charge in [-0.3, -0.25) is 0 Å². The Labute approximate surface area is 81.0 Å². The lowest BCUT2D eigenvalue weighted by Gasteiger charge is -2.22. The molecule has 1 fully saturated rings. The third-order valence-electron chi connectivity index (χ3n) is 2.70. The van der Waals surface area contributed by atoms with Gasteiger partial charge in [0.2, 0.25) is 0 Å². The SMILES string of the molecule is CCCCN(C)C1CCS(=O)(=O)C1. The summed E-state index contributed by atoms with van der Waals surface area (Å²) in [7, 11) is -0.678. The van der Waals surface area contributed by atoms with E-state index >= 15 is 0 Å². The van der Waals surface area contributed by atoms with Crippen LogP contribution in [-0.2, 0) is 9.84 Å². The molecule has 0 bridgehead atoms. The zero-order valence-electron chi connectivity index (χ0n) is 8.49. The molecule has 1 heterocycles. The van der Waals surface area contributed by atoms with Crippen LogP contribution >= 0.6 is 0 Å². The molecule has 0 aromatic rings. The second-order valence-corrected chi connectivity index (χ2v) is 6.12.